The van der Waals surface area contributed by atoms with Gasteiger partial charge in [-0.1, -0.05) is 54.1 Å². The van der Waals surface area contributed by atoms with Crippen LogP contribution in [0.25, 0.3) is 0 Å². The monoisotopic (exact) mass is 361 g/mol. The second-order valence-electron chi connectivity index (χ2n) is 6.35. The zero-order valence-electron chi connectivity index (χ0n) is 14.1. The lowest BCUT2D eigenvalue weighted by Crippen LogP contribution is -2.23. The minimum absolute atomic E-state index is 0.00800. The van der Waals surface area contributed by atoms with E-state index in [2.05, 4.69) is 5.32 Å². The van der Waals surface area contributed by atoms with E-state index < -0.39 is 0 Å². The Hall–Kier alpha value is -2.91. The molecule has 4 heteroatoms. The van der Waals surface area contributed by atoms with Gasteiger partial charge in [0.2, 0.25) is 0 Å². The van der Waals surface area contributed by atoms with Crippen molar-refractivity contribution in [1.29, 1.82) is 0 Å². The van der Waals surface area contributed by atoms with Crippen LogP contribution in [0.3, 0.4) is 0 Å². The van der Waals surface area contributed by atoms with E-state index in [-0.39, 0.29) is 17.6 Å². The summed E-state index contributed by atoms with van der Waals surface area (Å²) in [6, 6.07) is 20.1. The maximum atomic E-state index is 13.1. The fourth-order valence-electron chi connectivity index (χ4n) is 3.35. The second kappa shape index (κ2) is 6.43. The number of carbonyl (C=O) groups excluding carboxylic acids is 2. The summed E-state index contributed by atoms with van der Waals surface area (Å²) in [7, 11) is 0. The minimum Gasteiger partial charge on any atom is -0.378 e. The Labute approximate surface area is 156 Å². The van der Waals surface area contributed by atoms with E-state index in [1.54, 1.807) is 30.3 Å². The number of hydrogen-bond acceptors (Lipinski definition) is 3. The average molecular weight is 362 g/mol. The van der Waals surface area contributed by atoms with Crippen LogP contribution in [0.15, 0.2) is 66.7 Å². The highest BCUT2D eigenvalue weighted by molar-refractivity contribution is 6.34. The molecule has 4 rings (SSSR count). The first-order valence-corrected chi connectivity index (χ1v) is 8.77. The molecule has 0 aromatic heterocycles. The highest BCUT2D eigenvalue weighted by Crippen LogP contribution is 2.34. The predicted octanol–water partition coefficient (Wildman–Crippen LogP) is 5.29. The summed E-state index contributed by atoms with van der Waals surface area (Å²) in [6.07, 6.45) is 0. The molecule has 1 N–H and O–H groups in total. The number of ketones is 2. The zero-order chi connectivity index (χ0) is 18.3. The summed E-state index contributed by atoms with van der Waals surface area (Å²) in [6.45, 7) is 2.02. The third kappa shape index (κ3) is 2.71. The summed E-state index contributed by atoms with van der Waals surface area (Å²) in [5, 5.41) is 3.82. The average Bonchev–Trinajstić information content (AvgIpc) is 2.66. The van der Waals surface area contributed by atoms with E-state index in [1.807, 2.05) is 43.3 Å². The van der Waals surface area contributed by atoms with E-state index in [1.165, 1.54) is 0 Å². The third-order valence-corrected chi connectivity index (χ3v) is 4.91. The molecule has 128 valence electrons. The third-order valence-electron chi connectivity index (χ3n) is 4.68. The molecule has 0 heterocycles. The molecule has 0 saturated heterocycles. The van der Waals surface area contributed by atoms with Crippen molar-refractivity contribution in [2.75, 3.05) is 5.32 Å². The predicted molar refractivity (Wildman–Crippen MR) is 103 cm³/mol. The molecule has 0 bridgehead atoms. The van der Waals surface area contributed by atoms with Crippen LogP contribution >= 0.6 is 11.6 Å². The van der Waals surface area contributed by atoms with Gasteiger partial charge in [0.25, 0.3) is 0 Å². The molecule has 0 amide bonds. The summed E-state index contributed by atoms with van der Waals surface area (Å²) in [5.41, 5.74) is 3.35. The van der Waals surface area contributed by atoms with Crippen LogP contribution in [0.4, 0.5) is 5.69 Å². The molecule has 3 aromatic carbocycles. The van der Waals surface area contributed by atoms with Crippen molar-refractivity contribution in [3.63, 3.8) is 0 Å². The van der Waals surface area contributed by atoms with E-state index in [0.29, 0.717) is 33.0 Å². The first kappa shape index (κ1) is 16.6. The number of benzene rings is 3. The molecule has 0 spiro atoms. The lowest BCUT2D eigenvalue weighted by Gasteiger charge is -2.23. The van der Waals surface area contributed by atoms with Gasteiger partial charge in [-0.25, -0.2) is 0 Å². The molecule has 0 fully saturated rings. The molecule has 0 aliphatic heterocycles. The van der Waals surface area contributed by atoms with Crippen LogP contribution in [0, 0.1) is 0 Å². The molecular formula is C22H16ClNO2. The molecule has 1 unspecified atom stereocenters. The molecule has 3 nitrogen and oxygen atoms in total. The molecule has 26 heavy (non-hydrogen) atoms. The summed E-state index contributed by atoms with van der Waals surface area (Å²) >= 11 is 6.04. The molecule has 1 atom stereocenters. The summed E-state index contributed by atoms with van der Waals surface area (Å²) in [4.78, 5) is 25.9. The lowest BCUT2D eigenvalue weighted by molar-refractivity contribution is 0.0979. The second-order valence-corrected chi connectivity index (χ2v) is 6.79. The Morgan fingerprint density at radius 1 is 0.808 bits per heavy atom. The van der Waals surface area contributed by atoms with Crippen LogP contribution in [0.1, 0.15) is 50.4 Å². The van der Waals surface area contributed by atoms with Crippen LogP contribution in [-0.2, 0) is 0 Å². The molecule has 1 aliphatic rings. The van der Waals surface area contributed by atoms with E-state index in [4.69, 9.17) is 11.6 Å². The van der Waals surface area contributed by atoms with Gasteiger partial charge in [0.1, 0.15) is 0 Å². The largest absolute Gasteiger partial charge is 0.378 e. The van der Waals surface area contributed by atoms with Gasteiger partial charge in [0.05, 0.1) is 5.56 Å². The van der Waals surface area contributed by atoms with Crippen molar-refractivity contribution in [1.82, 2.24) is 0 Å². The van der Waals surface area contributed by atoms with Crippen LogP contribution in [-0.4, -0.2) is 11.6 Å². The fraction of sp³-hybridized carbons (Fsp3) is 0.0909. The molecule has 3 aromatic rings. The fourth-order valence-corrected chi connectivity index (χ4v) is 3.52. The van der Waals surface area contributed by atoms with Gasteiger partial charge >= 0.3 is 0 Å². The minimum atomic E-state index is -0.180. The highest BCUT2D eigenvalue weighted by atomic mass is 35.5. The molecule has 0 saturated carbocycles. The number of anilines is 1. The van der Waals surface area contributed by atoms with E-state index in [0.717, 1.165) is 5.56 Å². The topological polar surface area (TPSA) is 46.2 Å². The van der Waals surface area contributed by atoms with E-state index >= 15 is 0 Å². The Morgan fingerprint density at radius 2 is 1.58 bits per heavy atom. The quantitative estimate of drug-likeness (QED) is 0.539. The highest BCUT2D eigenvalue weighted by Gasteiger charge is 2.32. The van der Waals surface area contributed by atoms with Crippen molar-refractivity contribution in [3.8, 4) is 0 Å². The lowest BCUT2D eigenvalue weighted by atomic mass is 9.83. The van der Waals surface area contributed by atoms with Gasteiger partial charge in [0.15, 0.2) is 11.6 Å². The Balaban J connectivity index is 1.79. The van der Waals surface area contributed by atoms with Crippen molar-refractivity contribution in [2.24, 2.45) is 0 Å². The Morgan fingerprint density at radius 3 is 2.35 bits per heavy atom. The SMILES string of the molecule is CC(Nc1cccc2c1C(=O)c1cc(Cl)ccc1C2=O)c1ccccc1. The molecule has 1 aliphatic carbocycles. The number of hydrogen-bond donors (Lipinski definition) is 1. The maximum Gasteiger partial charge on any atom is 0.196 e. The smallest absolute Gasteiger partial charge is 0.196 e. The maximum absolute atomic E-state index is 13.1. The Bertz CT molecular complexity index is 1030. The van der Waals surface area contributed by atoms with Gasteiger partial charge < -0.3 is 5.32 Å². The number of halogens is 1. The number of fused-ring (bicyclic) bond motifs is 2. The van der Waals surface area contributed by atoms with Gasteiger partial charge in [-0.3, -0.25) is 9.59 Å². The number of nitrogens with one attached hydrogen (secondary N) is 1. The molecule has 0 radical (unpaired) electrons. The standard InChI is InChI=1S/C22H16ClNO2/c1-13(14-6-3-2-4-7-14)24-19-9-5-8-17-20(19)22(26)18-12-15(23)10-11-16(18)21(17)25/h2-13,24H,1H3. The van der Waals surface area contributed by atoms with E-state index in [9.17, 15) is 9.59 Å². The first-order chi connectivity index (χ1) is 12.6. The number of carbonyl (C=O) groups is 2. The van der Waals surface area contributed by atoms with Gasteiger partial charge in [-0.15, -0.1) is 0 Å². The Kier molecular flexibility index (Phi) is 4.09. The van der Waals surface area contributed by atoms with Crippen molar-refractivity contribution in [2.45, 2.75) is 13.0 Å². The van der Waals surface area contributed by atoms with Crippen LogP contribution < -0.4 is 5.32 Å². The van der Waals surface area contributed by atoms with Crippen molar-refractivity contribution in [3.05, 3.63) is 99.6 Å². The van der Waals surface area contributed by atoms with Gasteiger partial charge in [0, 0.05) is 33.4 Å². The summed E-state index contributed by atoms with van der Waals surface area (Å²) in [5.74, 6) is -0.331. The van der Waals surface area contributed by atoms with Crippen LogP contribution in [0.5, 0.6) is 0 Å². The zero-order valence-corrected chi connectivity index (χ0v) is 14.9. The summed E-state index contributed by atoms with van der Waals surface area (Å²) < 4.78 is 0. The number of rotatable bonds is 3. The normalized spacial score (nSPS) is 13.8. The van der Waals surface area contributed by atoms with Crippen molar-refractivity contribution >= 4 is 28.9 Å². The molecular weight excluding hydrogens is 346 g/mol. The first-order valence-electron chi connectivity index (χ1n) is 8.39. The van der Waals surface area contributed by atoms with Gasteiger partial charge in [-0.2, -0.15) is 0 Å². The van der Waals surface area contributed by atoms with Crippen molar-refractivity contribution < 1.29 is 9.59 Å². The van der Waals surface area contributed by atoms with Gasteiger partial charge in [-0.05, 0) is 36.8 Å². The van der Waals surface area contributed by atoms with Crippen LogP contribution in [0.2, 0.25) is 5.02 Å².